The highest BCUT2D eigenvalue weighted by atomic mass is 32.2. The van der Waals surface area contributed by atoms with Gasteiger partial charge in [0.05, 0.1) is 22.3 Å². The summed E-state index contributed by atoms with van der Waals surface area (Å²) in [5, 5.41) is 8.93. The Morgan fingerprint density at radius 3 is 2.54 bits per heavy atom. The van der Waals surface area contributed by atoms with Crippen molar-refractivity contribution in [2.75, 3.05) is 23.6 Å². The quantitative estimate of drug-likeness (QED) is 0.749. The van der Waals surface area contributed by atoms with E-state index in [1.54, 1.807) is 0 Å². The van der Waals surface area contributed by atoms with E-state index in [1.807, 2.05) is 4.72 Å². The van der Waals surface area contributed by atoms with Crippen LogP contribution in [0, 0.1) is 11.7 Å². The molecule has 1 aromatic carbocycles. The van der Waals surface area contributed by atoms with Crippen LogP contribution < -0.4 is 4.72 Å². The van der Waals surface area contributed by atoms with Crippen LogP contribution in [0.2, 0.25) is 0 Å². The average molecular weight is 380 g/mol. The number of nitrogens with one attached hydrogen (secondary N) is 1. The Morgan fingerprint density at radius 2 is 2.04 bits per heavy atom. The summed E-state index contributed by atoms with van der Waals surface area (Å²) in [4.78, 5) is 10.6. The van der Waals surface area contributed by atoms with Crippen molar-refractivity contribution in [2.45, 2.75) is 18.2 Å². The maximum Gasteiger partial charge on any atom is 0.307 e. The summed E-state index contributed by atoms with van der Waals surface area (Å²) >= 11 is 0. The second kappa shape index (κ2) is 6.65. The standard InChI is InChI=1S/C13H17FN2O6S2/c1-2-23(19,20)15-12-4-3-10(7-11(12)14)24(21,22)16-6-5-9(8-16)13(17)18/h3-4,7,9,15H,2,5-6,8H2,1H3,(H,17,18). The van der Waals surface area contributed by atoms with Gasteiger partial charge in [0.15, 0.2) is 0 Å². The van der Waals surface area contributed by atoms with E-state index < -0.39 is 37.8 Å². The average Bonchev–Trinajstić information content (AvgIpc) is 3.00. The second-order valence-corrected chi connectivity index (χ2v) is 9.28. The Labute approximate surface area is 139 Å². The number of anilines is 1. The number of hydrogen-bond donors (Lipinski definition) is 2. The molecular formula is C13H17FN2O6S2. The SMILES string of the molecule is CCS(=O)(=O)Nc1ccc(S(=O)(=O)N2CCC(C(=O)O)C2)cc1F. The number of halogens is 1. The number of hydrogen-bond acceptors (Lipinski definition) is 5. The third kappa shape index (κ3) is 3.84. The van der Waals surface area contributed by atoms with Crippen LogP contribution in [0.5, 0.6) is 0 Å². The number of aliphatic carboxylic acids is 1. The van der Waals surface area contributed by atoms with Gasteiger partial charge in [0, 0.05) is 13.1 Å². The Bertz CT molecular complexity index is 853. The normalized spacial score (nSPS) is 19.3. The van der Waals surface area contributed by atoms with Crippen molar-refractivity contribution in [1.82, 2.24) is 4.31 Å². The van der Waals surface area contributed by atoms with E-state index in [0.717, 1.165) is 22.5 Å². The highest BCUT2D eigenvalue weighted by Crippen LogP contribution is 2.27. The summed E-state index contributed by atoms with van der Waals surface area (Å²) in [6, 6.07) is 2.83. The van der Waals surface area contributed by atoms with Crippen LogP contribution in [0.1, 0.15) is 13.3 Å². The molecule has 0 aromatic heterocycles. The van der Waals surface area contributed by atoms with Crippen LogP contribution in [-0.4, -0.2) is 51.1 Å². The number of carbonyl (C=O) groups is 1. The molecule has 24 heavy (non-hydrogen) atoms. The fourth-order valence-corrected chi connectivity index (χ4v) is 4.43. The van der Waals surface area contributed by atoms with Crippen LogP contribution in [0.15, 0.2) is 23.1 Å². The van der Waals surface area contributed by atoms with Gasteiger partial charge in [0.25, 0.3) is 0 Å². The van der Waals surface area contributed by atoms with E-state index in [0.29, 0.717) is 0 Å². The van der Waals surface area contributed by atoms with Crippen LogP contribution in [-0.2, 0) is 24.8 Å². The molecule has 0 aliphatic carbocycles. The van der Waals surface area contributed by atoms with E-state index in [1.165, 1.54) is 6.92 Å². The lowest BCUT2D eigenvalue weighted by atomic mass is 10.1. The van der Waals surface area contributed by atoms with Crippen molar-refractivity contribution in [3.63, 3.8) is 0 Å². The lowest BCUT2D eigenvalue weighted by Crippen LogP contribution is -2.30. The molecule has 1 aromatic rings. The summed E-state index contributed by atoms with van der Waals surface area (Å²) in [5.41, 5.74) is -0.347. The molecule has 0 spiro atoms. The van der Waals surface area contributed by atoms with Crippen molar-refractivity contribution in [3.8, 4) is 0 Å². The maximum absolute atomic E-state index is 14.0. The smallest absolute Gasteiger partial charge is 0.307 e. The van der Waals surface area contributed by atoms with E-state index in [9.17, 15) is 26.0 Å². The molecule has 0 bridgehead atoms. The molecule has 1 fully saturated rings. The summed E-state index contributed by atoms with van der Waals surface area (Å²) in [6.45, 7) is 1.24. The molecule has 11 heteroatoms. The highest BCUT2D eigenvalue weighted by Gasteiger charge is 2.36. The highest BCUT2D eigenvalue weighted by molar-refractivity contribution is 7.92. The number of rotatable bonds is 6. The molecule has 1 heterocycles. The summed E-state index contributed by atoms with van der Waals surface area (Å²) in [5.74, 6) is -3.15. The molecular weight excluding hydrogens is 363 g/mol. The maximum atomic E-state index is 14.0. The molecule has 1 aliphatic heterocycles. The van der Waals surface area contributed by atoms with Gasteiger partial charge in [0.1, 0.15) is 5.82 Å². The molecule has 8 nitrogen and oxygen atoms in total. The zero-order valence-electron chi connectivity index (χ0n) is 12.8. The van der Waals surface area contributed by atoms with Gasteiger partial charge in [0.2, 0.25) is 20.0 Å². The molecule has 0 amide bonds. The first-order valence-corrected chi connectivity index (χ1v) is 10.2. The van der Waals surface area contributed by atoms with Crippen LogP contribution in [0.3, 0.4) is 0 Å². The molecule has 0 saturated carbocycles. The molecule has 2 rings (SSSR count). The summed E-state index contributed by atoms with van der Waals surface area (Å²) in [7, 11) is -7.73. The van der Waals surface area contributed by atoms with Crippen molar-refractivity contribution in [3.05, 3.63) is 24.0 Å². The van der Waals surface area contributed by atoms with E-state index in [4.69, 9.17) is 5.11 Å². The minimum atomic E-state index is -4.04. The fraction of sp³-hybridized carbons (Fsp3) is 0.462. The lowest BCUT2D eigenvalue weighted by Gasteiger charge is -2.16. The molecule has 1 unspecified atom stereocenters. The van der Waals surface area contributed by atoms with Gasteiger partial charge >= 0.3 is 5.97 Å². The molecule has 1 saturated heterocycles. The molecule has 1 aliphatic rings. The van der Waals surface area contributed by atoms with Gasteiger partial charge in [-0.2, -0.15) is 4.31 Å². The number of benzene rings is 1. The number of sulfonamides is 2. The zero-order valence-corrected chi connectivity index (χ0v) is 14.4. The zero-order chi connectivity index (χ0) is 18.1. The van der Waals surface area contributed by atoms with Gasteiger partial charge in [-0.25, -0.2) is 21.2 Å². The van der Waals surface area contributed by atoms with Gasteiger partial charge < -0.3 is 5.11 Å². The van der Waals surface area contributed by atoms with Crippen LogP contribution in [0.25, 0.3) is 0 Å². The van der Waals surface area contributed by atoms with Crippen molar-refractivity contribution >= 4 is 31.7 Å². The van der Waals surface area contributed by atoms with Crippen molar-refractivity contribution < 1.29 is 31.1 Å². The molecule has 2 N–H and O–H groups in total. The largest absolute Gasteiger partial charge is 0.481 e. The monoisotopic (exact) mass is 380 g/mol. The first-order valence-electron chi connectivity index (χ1n) is 7.10. The Kier molecular flexibility index (Phi) is 5.16. The van der Waals surface area contributed by atoms with E-state index >= 15 is 0 Å². The van der Waals surface area contributed by atoms with Gasteiger partial charge in [-0.1, -0.05) is 0 Å². The van der Waals surface area contributed by atoms with Gasteiger partial charge in [-0.3, -0.25) is 9.52 Å². The predicted molar refractivity (Wildman–Crippen MR) is 84.0 cm³/mol. The number of nitrogens with zero attached hydrogens (tertiary/aromatic N) is 1. The topological polar surface area (TPSA) is 121 Å². The summed E-state index contributed by atoms with van der Waals surface area (Å²) in [6.07, 6.45) is 0.186. The van der Waals surface area contributed by atoms with E-state index in [-0.39, 0.29) is 35.8 Å². The molecule has 1 atom stereocenters. The third-order valence-corrected chi connectivity index (χ3v) is 6.88. The Morgan fingerprint density at radius 1 is 1.38 bits per heavy atom. The Balaban J connectivity index is 2.26. The number of carboxylic acid groups (broad SMARTS) is 1. The minimum Gasteiger partial charge on any atom is -0.481 e. The third-order valence-electron chi connectivity index (χ3n) is 3.72. The molecule has 0 radical (unpaired) electrons. The van der Waals surface area contributed by atoms with Gasteiger partial charge in [-0.15, -0.1) is 0 Å². The van der Waals surface area contributed by atoms with Crippen molar-refractivity contribution in [1.29, 1.82) is 0 Å². The molecule has 134 valence electrons. The minimum absolute atomic E-state index is 0.0329. The number of carboxylic acids is 1. The predicted octanol–water partition coefficient (Wildman–Crippen LogP) is 0.682. The van der Waals surface area contributed by atoms with Crippen LogP contribution in [0.4, 0.5) is 10.1 Å². The van der Waals surface area contributed by atoms with Crippen molar-refractivity contribution in [2.24, 2.45) is 5.92 Å². The fourth-order valence-electron chi connectivity index (χ4n) is 2.28. The Hall–Kier alpha value is -1.72. The van der Waals surface area contributed by atoms with Crippen LogP contribution >= 0.6 is 0 Å². The van der Waals surface area contributed by atoms with Gasteiger partial charge in [-0.05, 0) is 31.5 Å². The first-order chi connectivity index (χ1) is 11.1. The lowest BCUT2D eigenvalue weighted by molar-refractivity contribution is -0.141. The second-order valence-electron chi connectivity index (χ2n) is 5.33. The first kappa shape index (κ1) is 18.6. The van der Waals surface area contributed by atoms with E-state index in [2.05, 4.69) is 0 Å². The summed E-state index contributed by atoms with van der Waals surface area (Å²) < 4.78 is 64.8.